The van der Waals surface area contributed by atoms with Gasteiger partial charge in [0.15, 0.2) is 0 Å². The summed E-state index contributed by atoms with van der Waals surface area (Å²) in [5.74, 6) is 0.725. The van der Waals surface area contributed by atoms with E-state index >= 15 is 0 Å². The van der Waals surface area contributed by atoms with E-state index in [0.29, 0.717) is 0 Å². The second-order valence-corrected chi connectivity index (χ2v) is 4.71. The number of benzene rings is 1. The molecule has 0 saturated carbocycles. The first kappa shape index (κ1) is 13.5. The molecule has 4 nitrogen and oxygen atoms in total. The fourth-order valence-corrected chi connectivity index (χ4v) is 1.96. The number of nitrogens with zero attached hydrogens (tertiary/aromatic N) is 3. The van der Waals surface area contributed by atoms with Crippen molar-refractivity contribution in [3.8, 4) is 0 Å². The minimum Gasteiger partial charge on any atom is -0.316 e. The van der Waals surface area contributed by atoms with Gasteiger partial charge >= 0.3 is 0 Å². The van der Waals surface area contributed by atoms with Gasteiger partial charge in [0.1, 0.15) is 0 Å². The third-order valence-electron chi connectivity index (χ3n) is 3.12. The highest BCUT2D eigenvalue weighted by Crippen LogP contribution is 2.21. The first-order valence-corrected chi connectivity index (χ1v) is 6.39. The molecular formula is C15H20N4. The zero-order valence-electron chi connectivity index (χ0n) is 11.9. The molecule has 0 fully saturated rings. The van der Waals surface area contributed by atoms with Gasteiger partial charge in [-0.2, -0.15) is 0 Å². The molecule has 0 bridgehead atoms. The van der Waals surface area contributed by atoms with Crippen molar-refractivity contribution in [3.05, 3.63) is 47.3 Å². The second kappa shape index (κ2) is 5.80. The van der Waals surface area contributed by atoms with Gasteiger partial charge in [0.05, 0.1) is 0 Å². The van der Waals surface area contributed by atoms with Crippen LogP contribution in [-0.2, 0) is 6.54 Å². The molecule has 2 rings (SSSR count). The van der Waals surface area contributed by atoms with Crippen LogP contribution in [0, 0.1) is 13.8 Å². The maximum absolute atomic E-state index is 4.57. The third kappa shape index (κ3) is 3.09. The van der Waals surface area contributed by atoms with E-state index in [1.807, 2.05) is 38.2 Å². The number of hydrogen-bond acceptors (Lipinski definition) is 4. The molecule has 2 aromatic rings. The smallest absolute Gasteiger partial charge is 0.229 e. The fourth-order valence-electron chi connectivity index (χ4n) is 1.96. The Bertz CT molecular complexity index is 566. The quantitative estimate of drug-likeness (QED) is 0.913. The molecule has 19 heavy (non-hydrogen) atoms. The van der Waals surface area contributed by atoms with Gasteiger partial charge < -0.3 is 10.2 Å². The van der Waals surface area contributed by atoms with E-state index in [1.165, 1.54) is 5.56 Å². The average Bonchev–Trinajstić information content (AvgIpc) is 2.40. The molecule has 0 unspecified atom stereocenters. The summed E-state index contributed by atoms with van der Waals surface area (Å²) in [7, 11) is 3.91. The summed E-state index contributed by atoms with van der Waals surface area (Å²) in [6, 6.07) is 8.32. The lowest BCUT2D eigenvalue weighted by atomic mass is 10.2. The second-order valence-electron chi connectivity index (χ2n) is 4.71. The van der Waals surface area contributed by atoms with Crippen LogP contribution in [0.2, 0.25) is 0 Å². The van der Waals surface area contributed by atoms with Crippen molar-refractivity contribution >= 4 is 11.6 Å². The molecule has 4 heteroatoms. The number of hydrogen-bond donors (Lipinski definition) is 1. The first-order valence-electron chi connectivity index (χ1n) is 6.39. The SMILES string of the molecule is CNCc1cnc(N(C)c2cccc(C)c2)nc1C. The Kier molecular flexibility index (Phi) is 4.12. The summed E-state index contributed by atoms with van der Waals surface area (Å²) in [5.41, 5.74) is 4.47. The largest absolute Gasteiger partial charge is 0.316 e. The summed E-state index contributed by atoms with van der Waals surface area (Å²) in [4.78, 5) is 11.0. The van der Waals surface area contributed by atoms with Crippen LogP contribution in [-0.4, -0.2) is 24.1 Å². The van der Waals surface area contributed by atoms with Gasteiger partial charge in [0, 0.05) is 36.7 Å². The highest BCUT2D eigenvalue weighted by Gasteiger charge is 2.09. The highest BCUT2D eigenvalue weighted by atomic mass is 15.2. The Morgan fingerprint density at radius 2 is 2.05 bits per heavy atom. The molecule has 0 aliphatic carbocycles. The molecule has 0 radical (unpaired) electrons. The summed E-state index contributed by atoms with van der Waals surface area (Å²) in [5, 5.41) is 3.12. The van der Waals surface area contributed by atoms with Gasteiger partial charge in [0.2, 0.25) is 5.95 Å². The lowest BCUT2D eigenvalue weighted by Gasteiger charge is -2.18. The van der Waals surface area contributed by atoms with Crippen LogP contribution in [0.15, 0.2) is 30.5 Å². The molecular weight excluding hydrogens is 236 g/mol. The Morgan fingerprint density at radius 1 is 1.26 bits per heavy atom. The van der Waals surface area contributed by atoms with E-state index in [1.54, 1.807) is 0 Å². The average molecular weight is 256 g/mol. The normalized spacial score (nSPS) is 10.5. The van der Waals surface area contributed by atoms with Crippen molar-refractivity contribution in [3.63, 3.8) is 0 Å². The van der Waals surface area contributed by atoms with Crippen LogP contribution in [0.5, 0.6) is 0 Å². The standard InChI is InChI=1S/C15H20N4/c1-11-6-5-7-14(8-11)19(4)15-17-10-13(9-16-3)12(2)18-15/h5-8,10,16H,9H2,1-4H3. The van der Waals surface area contributed by atoms with Crippen LogP contribution in [0.25, 0.3) is 0 Å². The number of nitrogens with one attached hydrogen (secondary N) is 1. The van der Waals surface area contributed by atoms with Crippen molar-refractivity contribution in [1.82, 2.24) is 15.3 Å². The molecule has 100 valence electrons. The van der Waals surface area contributed by atoms with Crippen molar-refractivity contribution in [2.24, 2.45) is 0 Å². The van der Waals surface area contributed by atoms with Gasteiger partial charge in [-0.15, -0.1) is 0 Å². The van der Waals surface area contributed by atoms with Gasteiger partial charge in [-0.25, -0.2) is 9.97 Å². The zero-order chi connectivity index (χ0) is 13.8. The number of aryl methyl sites for hydroxylation is 2. The Hall–Kier alpha value is -1.94. The minimum atomic E-state index is 0.725. The van der Waals surface area contributed by atoms with Gasteiger partial charge in [0.25, 0.3) is 0 Å². The van der Waals surface area contributed by atoms with Gasteiger partial charge in [-0.3, -0.25) is 0 Å². The first-order chi connectivity index (χ1) is 9.11. The predicted octanol–water partition coefficient (Wildman–Crippen LogP) is 2.58. The molecule has 0 aliphatic heterocycles. The topological polar surface area (TPSA) is 41.1 Å². The summed E-state index contributed by atoms with van der Waals surface area (Å²) >= 11 is 0. The number of anilines is 2. The van der Waals surface area contributed by atoms with Gasteiger partial charge in [-0.05, 0) is 38.6 Å². The molecule has 0 amide bonds. The summed E-state index contributed by atoms with van der Waals surface area (Å²) in [6.07, 6.45) is 1.89. The molecule has 0 atom stereocenters. The van der Waals surface area contributed by atoms with E-state index in [2.05, 4.69) is 40.4 Å². The van der Waals surface area contributed by atoms with Crippen molar-refractivity contribution < 1.29 is 0 Å². The van der Waals surface area contributed by atoms with E-state index in [0.717, 1.165) is 29.4 Å². The zero-order valence-corrected chi connectivity index (χ0v) is 11.9. The third-order valence-corrected chi connectivity index (χ3v) is 3.12. The van der Waals surface area contributed by atoms with Crippen LogP contribution in [0.3, 0.4) is 0 Å². The van der Waals surface area contributed by atoms with Gasteiger partial charge in [-0.1, -0.05) is 12.1 Å². The molecule has 1 aromatic carbocycles. The summed E-state index contributed by atoms with van der Waals surface area (Å²) < 4.78 is 0. The van der Waals surface area contributed by atoms with Crippen molar-refractivity contribution in [2.45, 2.75) is 20.4 Å². The molecule has 1 heterocycles. The minimum absolute atomic E-state index is 0.725. The van der Waals surface area contributed by atoms with Crippen LogP contribution in [0.4, 0.5) is 11.6 Å². The van der Waals surface area contributed by atoms with E-state index in [4.69, 9.17) is 0 Å². The molecule has 1 N–H and O–H groups in total. The molecule has 0 saturated heterocycles. The van der Waals surface area contributed by atoms with Crippen molar-refractivity contribution in [2.75, 3.05) is 19.0 Å². The van der Waals surface area contributed by atoms with Crippen molar-refractivity contribution in [1.29, 1.82) is 0 Å². The predicted molar refractivity (Wildman–Crippen MR) is 78.8 cm³/mol. The Morgan fingerprint density at radius 3 is 2.68 bits per heavy atom. The number of aromatic nitrogens is 2. The van der Waals surface area contributed by atoms with Crippen LogP contribution in [0.1, 0.15) is 16.8 Å². The van der Waals surface area contributed by atoms with Crippen LogP contribution < -0.4 is 10.2 Å². The monoisotopic (exact) mass is 256 g/mol. The van der Waals surface area contributed by atoms with E-state index in [9.17, 15) is 0 Å². The molecule has 0 aliphatic rings. The number of rotatable bonds is 4. The highest BCUT2D eigenvalue weighted by molar-refractivity contribution is 5.57. The lowest BCUT2D eigenvalue weighted by molar-refractivity contribution is 0.795. The molecule has 1 aromatic heterocycles. The maximum atomic E-state index is 4.57. The lowest BCUT2D eigenvalue weighted by Crippen LogP contribution is -2.15. The fraction of sp³-hybridized carbons (Fsp3) is 0.333. The van der Waals surface area contributed by atoms with E-state index in [-0.39, 0.29) is 0 Å². The maximum Gasteiger partial charge on any atom is 0.229 e. The van der Waals surface area contributed by atoms with E-state index < -0.39 is 0 Å². The van der Waals surface area contributed by atoms with Crippen LogP contribution >= 0.6 is 0 Å². The summed E-state index contributed by atoms with van der Waals surface area (Å²) in [6.45, 7) is 4.89. The Balaban J connectivity index is 2.29. The molecule has 0 spiro atoms. The Labute approximate surface area is 114 Å².